The molecule has 0 N–H and O–H groups in total. The molecule has 4 heterocycles. The molecule has 8 heteroatoms. The van der Waals surface area contributed by atoms with Crippen LogP contribution < -0.4 is 83.5 Å². The molecule has 4 aliphatic heterocycles. The van der Waals surface area contributed by atoms with Crippen LogP contribution in [-0.2, 0) is 0 Å². The molecule has 4 nitrogen and oxygen atoms in total. The van der Waals surface area contributed by atoms with Crippen LogP contribution in [0.1, 0.15) is 0 Å². The fraction of sp³-hybridized carbons (Fsp3) is 0.0189. The molecule has 22 rings (SSSR count). The van der Waals surface area contributed by atoms with Crippen LogP contribution in [0.5, 0.6) is 0 Å². The van der Waals surface area contributed by atoms with E-state index in [-0.39, 0.29) is 13.4 Å². The minimum absolute atomic E-state index is 0.0414. The highest BCUT2D eigenvalue weighted by molar-refractivity contribution is 7.11. The second-order valence-electron chi connectivity index (χ2n) is 31.3. The number of para-hydroxylation sites is 6. The first-order valence-corrected chi connectivity index (χ1v) is 44.8. The first kappa shape index (κ1) is 67.2. The van der Waals surface area contributed by atoms with E-state index >= 15 is 0 Å². The lowest BCUT2D eigenvalue weighted by Crippen LogP contribution is -2.64. The molecule has 0 saturated carbocycles. The Morgan fingerprint density at radius 2 is 0.474 bits per heavy atom. The summed E-state index contributed by atoms with van der Waals surface area (Å²) in [4.78, 5) is 10.1. The van der Waals surface area contributed by atoms with Gasteiger partial charge in [0.25, 0.3) is 13.4 Å². The maximum absolute atomic E-state index is 2.73. The SMILES string of the molecule is C[Si](c1ccccc1)(c1ccccc1)c1ccc(-c2cc3c4c(c2)N(c2ccccc2)c2cc5ccc(-c6cccc([Si](C)(c7ccccc7)c7ccc(-c8cc9c%10c(c8)N(c8ccccc8)c8ccccc8B%10c8ccccc8N9c8ccccc8)cc7)c6)cc5cc2B4c2cc4ccccc4cc2N3c2ccccc2)cc1. The molecule has 0 saturated heterocycles. The summed E-state index contributed by atoms with van der Waals surface area (Å²) >= 11 is 0. The van der Waals surface area contributed by atoms with Gasteiger partial charge in [-0.3, -0.25) is 0 Å². The maximum Gasteiger partial charge on any atom is 0.252 e. The highest BCUT2D eigenvalue weighted by Gasteiger charge is 2.47. The first-order chi connectivity index (χ1) is 56.3. The summed E-state index contributed by atoms with van der Waals surface area (Å²) in [5, 5.41) is 13.1. The fourth-order valence-electron chi connectivity index (χ4n) is 19.6. The van der Waals surface area contributed by atoms with Crippen LogP contribution in [0.4, 0.5) is 68.2 Å². The standard InChI is InChI=1S/C106H76B2N4Si2/c1-113(87-42-18-7-19-43-87,88-44-20-8-21-45-88)90-59-55-73(56-60-90)82-71-103-106-104(72-82)112(86-40-16-6-17-41-86)100-68-79-54-53-78(63-80(79)66-96(100)108(106)95-65-76-31-24-25-32-77(76)67-99(95)111(103)85-38-14-5-15-39-85)75-33-30-48-92(64-75)114(2,89-46-22-9-23-47-89)91-61-57-74(58-62-91)81-69-101-105-102(70-81)110(84-36-12-4-13-37-84)98-52-29-27-50-94(98)107(105)93-49-26-28-51-97(93)109(101)83-34-10-3-11-35-83/h3-72H,1-2H3. The molecule has 114 heavy (non-hydrogen) atoms. The van der Waals surface area contributed by atoms with E-state index in [0.717, 1.165) is 22.7 Å². The number of hydrogen-bond acceptors (Lipinski definition) is 4. The molecule has 534 valence electrons. The van der Waals surface area contributed by atoms with Crippen molar-refractivity contribution < 1.29 is 0 Å². The van der Waals surface area contributed by atoms with Crippen molar-refractivity contribution in [3.63, 3.8) is 0 Å². The quantitative estimate of drug-likeness (QED) is 0.0842. The highest BCUT2D eigenvalue weighted by Crippen LogP contribution is 2.50. The third-order valence-electron chi connectivity index (χ3n) is 25.3. The predicted octanol–water partition coefficient (Wildman–Crippen LogP) is 19.4. The van der Waals surface area contributed by atoms with Gasteiger partial charge in [0.1, 0.15) is 16.1 Å². The highest BCUT2D eigenvalue weighted by atomic mass is 28.3. The van der Waals surface area contributed by atoms with Crippen molar-refractivity contribution in [1.29, 1.82) is 0 Å². The summed E-state index contributed by atoms with van der Waals surface area (Å²) in [6, 6.07) is 161. The van der Waals surface area contributed by atoms with Crippen LogP contribution in [0, 0.1) is 0 Å². The Morgan fingerprint density at radius 3 is 0.895 bits per heavy atom. The zero-order chi connectivity index (χ0) is 75.6. The van der Waals surface area contributed by atoms with Gasteiger partial charge in [0.05, 0.1) is 0 Å². The lowest BCUT2D eigenvalue weighted by Gasteiger charge is -2.44. The largest absolute Gasteiger partial charge is 0.311 e. The maximum atomic E-state index is 2.57. The van der Waals surface area contributed by atoms with Crippen molar-refractivity contribution in [3.8, 4) is 33.4 Å². The zero-order valence-electron chi connectivity index (χ0n) is 63.4. The van der Waals surface area contributed by atoms with Crippen LogP contribution in [0.2, 0.25) is 13.1 Å². The molecule has 0 aromatic heterocycles. The molecule has 18 aromatic rings. The second-order valence-corrected chi connectivity index (χ2v) is 39.3. The van der Waals surface area contributed by atoms with Gasteiger partial charge >= 0.3 is 0 Å². The summed E-state index contributed by atoms with van der Waals surface area (Å²) in [6.45, 7) is 4.99. The number of fused-ring (bicyclic) bond motifs is 10. The Bertz CT molecular complexity index is 6610. The van der Waals surface area contributed by atoms with Crippen molar-refractivity contribution in [1.82, 2.24) is 0 Å². The van der Waals surface area contributed by atoms with Crippen LogP contribution >= 0.6 is 0 Å². The molecular formula is C106H76B2N4Si2. The van der Waals surface area contributed by atoms with Crippen molar-refractivity contribution in [2.24, 2.45) is 0 Å². The van der Waals surface area contributed by atoms with Gasteiger partial charge in [-0.2, -0.15) is 0 Å². The third-order valence-corrected chi connectivity index (χ3v) is 34.2. The van der Waals surface area contributed by atoms with E-state index in [9.17, 15) is 0 Å². The lowest BCUT2D eigenvalue weighted by atomic mass is 9.33. The number of hydrogen-bond donors (Lipinski definition) is 0. The Balaban J connectivity index is 0.678. The van der Waals surface area contributed by atoms with Crippen molar-refractivity contribution in [3.05, 3.63) is 425 Å². The summed E-state index contributed by atoms with van der Waals surface area (Å²) in [7, 11) is -5.13. The molecule has 0 fully saturated rings. The Morgan fingerprint density at radius 1 is 0.175 bits per heavy atom. The second kappa shape index (κ2) is 27.0. The number of nitrogens with zero attached hydrogens (tertiary/aromatic N) is 4. The average Bonchev–Trinajstić information content (AvgIpc) is 0.696. The zero-order valence-corrected chi connectivity index (χ0v) is 65.4. The van der Waals surface area contributed by atoms with E-state index in [1.807, 2.05) is 0 Å². The van der Waals surface area contributed by atoms with E-state index in [1.165, 1.54) is 164 Å². The normalized spacial score (nSPS) is 13.5. The van der Waals surface area contributed by atoms with Gasteiger partial charge in [0.15, 0.2) is 0 Å². The average molecular weight is 1480 g/mol. The number of anilines is 12. The molecule has 0 aliphatic carbocycles. The molecule has 0 radical (unpaired) electrons. The molecular weight excluding hydrogens is 1410 g/mol. The van der Waals surface area contributed by atoms with Gasteiger partial charge in [-0.15, -0.1) is 0 Å². The topological polar surface area (TPSA) is 13.0 Å². The van der Waals surface area contributed by atoms with E-state index < -0.39 is 16.1 Å². The summed E-state index contributed by atoms with van der Waals surface area (Å²) < 4.78 is 0. The minimum Gasteiger partial charge on any atom is -0.311 e. The molecule has 1 unspecified atom stereocenters. The van der Waals surface area contributed by atoms with Crippen molar-refractivity contribution in [2.75, 3.05) is 19.6 Å². The summed E-state index contributed by atoms with van der Waals surface area (Å²) in [5.74, 6) is 0. The third kappa shape index (κ3) is 10.7. The fourth-order valence-corrected chi connectivity index (χ4v) is 26.7. The van der Waals surface area contributed by atoms with Crippen molar-refractivity contribution >= 4 is 183 Å². The monoisotopic (exact) mass is 1480 g/mol. The van der Waals surface area contributed by atoms with E-state index in [4.69, 9.17) is 0 Å². The molecule has 0 spiro atoms. The van der Waals surface area contributed by atoms with Gasteiger partial charge in [0.2, 0.25) is 0 Å². The smallest absolute Gasteiger partial charge is 0.252 e. The molecule has 18 aromatic carbocycles. The molecule has 1 atom stereocenters. The van der Waals surface area contributed by atoms with Crippen LogP contribution in [0.15, 0.2) is 425 Å². The summed E-state index contributed by atoms with van der Waals surface area (Å²) in [5.41, 5.74) is 28.9. The first-order valence-electron chi connectivity index (χ1n) is 39.8. The van der Waals surface area contributed by atoms with Crippen LogP contribution in [0.25, 0.3) is 54.9 Å². The predicted molar refractivity (Wildman–Crippen MR) is 493 cm³/mol. The van der Waals surface area contributed by atoms with E-state index in [0.29, 0.717) is 0 Å². The van der Waals surface area contributed by atoms with Crippen LogP contribution in [-0.4, -0.2) is 29.6 Å². The Hall–Kier alpha value is -13.8. The van der Waals surface area contributed by atoms with Gasteiger partial charge in [-0.05, 0) is 222 Å². The van der Waals surface area contributed by atoms with Gasteiger partial charge in [-0.25, -0.2) is 0 Å². The van der Waals surface area contributed by atoms with Crippen LogP contribution in [0.3, 0.4) is 0 Å². The molecule has 0 amide bonds. The molecule has 0 bridgehead atoms. The van der Waals surface area contributed by atoms with E-state index in [2.05, 4.69) is 457 Å². The Kier molecular flexibility index (Phi) is 15.9. The Labute approximate surface area is 669 Å². The lowest BCUT2D eigenvalue weighted by molar-refractivity contribution is 1.25. The minimum atomic E-state index is -2.73. The van der Waals surface area contributed by atoms with E-state index in [1.54, 1.807) is 0 Å². The number of rotatable bonds is 13. The molecule has 4 aliphatic rings. The summed E-state index contributed by atoms with van der Waals surface area (Å²) in [6.07, 6.45) is 0. The van der Waals surface area contributed by atoms with Crippen molar-refractivity contribution in [2.45, 2.75) is 13.1 Å². The van der Waals surface area contributed by atoms with Gasteiger partial charge in [-0.1, -0.05) is 335 Å². The van der Waals surface area contributed by atoms with Gasteiger partial charge < -0.3 is 19.6 Å². The number of benzene rings is 18. The van der Waals surface area contributed by atoms with Gasteiger partial charge in [0, 0.05) is 68.2 Å².